The number of nitrogens with one attached hydrogen (secondary N) is 1. The van der Waals surface area contributed by atoms with Crippen LogP contribution in [0.3, 0.4) is 0 Å². The predicted molar refractivity (Wildman–Crippen MR) is 87.2 cm³/mol. The molecule has 1 aromatic rings. The van der Waals surface area contributed by atoms with Crippen LogP contribution in [0.5, 0.6) is 0 Å². The maximum atomic E-state index is 13.2. The summed E-state index contributed by atoms with van der Waals surface area (Å²) >= 11 is 5.65. The van der Waals surface area contributed by atoms with Crippen LogP contribution in [0.4, 0.5) is 8.78 Å². The zero-order valence-electron chi connectivity index (χ0n) is 14.3. The Morgan fingerprint density at radius 2 is 1.76 bits per heavy atom. The van der Waals surface area contributed by atoms with Crippen LogP contribution < -0.4 is 5.32 Å². The Hall–Kier alpha value is -2.22. The summed E-state index contributed by atoms with van der Waals surface area (Å²) in [7, 11) is 1.36. The number of hydrogen-bond acceptors (Lipinski definition) is 4. The molecule has 0 aromatic heterocycles. The highest BCUT2D eigenvalue weighted by Gasteiger charge is 2.21. The van der Waals surface area contributed by atoms with Crippen molar-refractivity contribution in [2.75, 3.05) is 20.2 Å². The second kappa shape index (κ2) is 8.24. The van der Waals surface area contributed by atoms with Gasteiger partial charge < -0.3 is 15.0 Å². The average molecular weight is 377 g/mol. The lowest BCUT2D eigenvalue weighted by Crippen LogP contribution is -2.46. The molecular weight excluding hydrogens is 358 g/mol. The molecule has 0 saturated heterocycles. The van der Waals surface area contributed by atoms with Gasteiger partial charge in [0.25, 0.3) is 5.91 Å². The molecule has 0 aliphatic rings. The first-order valence-electron chi connectivity index (χ1n) is 7.27. The first-order chi connectivity index (χ1) is 11.4. The Bertz CT molecular complexity index is 689. The molecule has 0 spiro atoms. The Kier molecular flexibility index (Phi) is 6.87. The van der Waals surface area contributed by atoms with Crippen LogP contribution in [0.25, 0.3) is 0 Å². The fraction of sp³-hybridized carbons (Fsp3) is 0.438. The number of carbonyl (C=O) groups is 3. The van der Waals surface area contributed by atoms with Gasteiger partial charge in [-0.3, -0.25) is 9.59 Å². The van der Waals surface area contributed by atoms with E-state index in [1.165, 1.54) is 7.05 Å². The summed E-state index contributed by atoms with van der Waals surface area (Å²) in [4.78, 5) is 36.5. The highest BCUT2D eigenvalue weighted by atomic mass is 35.5. The van der Waals surface area contributed by atoms with Crippen LogP contribution in [0.1, 0.15) is 31.1 Å². The molecule has 1 rings (SSSR count). The smallest absolute Gasteiger partial charge is 0.340 e. The molecular formula is C16H19ClF2N2O4. The second-order valence-electron chi connectivity index (χ2n) is 6.37. The lowest BCUT2D eigenvalue weighted by molar-refractivity contribution is -0.137. The SMILES string of the molecule is CN(CC(=O)NC(C)(C)C)C(=O)COC(=O)c1cc(F)c(F)cc1Cl. The van der Waals surface area contributed by atoms with Crippen LogP contribution in [-0.4, -0.2) is 48.4 Å². The molecule has 138 valence electrons. The van der Waals surface area contributed by atoms with E-state index in [9.17, 15) is 23.2 Å². The number of rotatable bonds is 5. The lowest BCUT2D eigenvalue weighted by atomic mass is 10.1. The van der Waals surface area contributed by atoms with Gasteiger partial charge in [0.2, 0.25) is 5.91 Å². The number of benzene rings is 1. The van der Waals surface area contributed by atoms with Crippen LogP contribution in [0.2, 0.25) is 5.02 Å². The van der Waals surface area contributed by atoms with Crippen molar-refractivity contribution in [2.24, 2.45) is 0 Å². The van der Waals surface area contributed by atoms with E-state index >= 15 is 0 Å². The molecule has 1 aromatic carbocycles. The van der Waals surface area contributed by atoms with Gasteiger partial charge in [-0.15, -0.1) is 0 Å². The summed E-state index contributed by atoms with van der Waals surface area (Å²) in [5, 5.41) is 2.34. The molecule has 2 amide bonds. The van der Waals surface area contributed by atoms with Crippen molar-refractivity contribution in [3.05, 3.63) is 34.4 Å². The van der Waals surface area contributed by atoms with Gasteiger partial charge >= 0.3 is 5.97 Å². The number of ether oxygens (including phenoxy) is 1. The first-order valence-corrected chi connectivity index (χ1v) is 7.65. The Labute approximate surface area is 149 Å². The highest BCUT2D eigenvalue weighted by Crippen LogP contribution is 2.20. The molecule has 1 N–H and O–H groups in total. The molecule has 0 atom stereocenters. The minimum atomic E-state index is -1.27. The van der Waals surface area contributed by atoms with Crippen molar-refractivity contribution in [3.8, 4) is 0 Å². The van der Waals surface area contributed by atoms with Crippen LogP contribution in [-0.2, 0) is 14.3 Å². The molecule has 0 unspecified atom stereocenters. The number of amides is 2. The van der Waals surface area contributed by atoms with E-state index in [-0.39, 0.29) is 17.5 Å². The van der Waals surface area contributed by atoms with E-state index < -0.39 is 41.2 Å². The summed E-state index contributed by atoms with van der Waals surface area (Å²) in [6.07, 6.45) is 0. The fourth-order valence-electron chi connectivity index (χ4n) is 1.76. The third kappa shape index (κ3) is 6.66. The number of esters is 1. The molecule has 0 radical (unpaired) electrons. The Morgan fingerprint density at radius 1 is 1.20 bits per heavy atom. The van der Waals surface area contributed by atoms with Crippen LogP contribution in [0.15, 0.2) is 12.1 Å². The number of hydrogen-bond donors (Lipinski definition) is 1. The topological polar surface area (TPSA) is 75.7 Å². The van der Waals surface area contributed by atoms with Crippen molar-refractivity contribution < 1.29 is 27.9 Å². The summed E-state index contributed by atoms with van der Waals surface area (Å²) < 4.78 is 30.9. The number of carbonyl (C=O) groups excluding carboxylic acids is 3. The quantitative estimate of drug-likeness (QED) is 0.631. The number of likely N-dealkylation sites (N-methyl/N-ethyl adjacent to an activating group) is 1. The largest absolute Gasteiger partial charge is 0.452 e. The van der Waals surface area contributed by atoms with Crippen LogP contribution in [0, 0.1) is 11.6 Å². The van der Waals surface area contributed by atoms with E-state index in [0.717, 1.165) is 4.90 Å². The van der Waals surface area contributed by atoms with Gasteiger partial charge in [-0.25, -0.2) is 13.6 Å². The third-order valence-corrected chi connectivity index (χ3v) is 3.19. The van der Waals surface area contributed by atoms with Crippen molar-refractivity contribution >= 4 is 29.4 Å². The van der Waals surface area contributed by atoms with E-state index in [2.05, 4.69) is 5.32 Å². The second-order valence-corrected chi connectivity index (χ2v) is 6.78. The van der Waals surface area contributed by atoms with E-state index in [1.54, 1.807) is 20.8 Å². The normalized spacial score (nSPS) is 11.0. The van der Waals surface area contributed by atoms with Crippen molar-refractivity contribution in [3.63, 3.8) is 0 Å². The predicted octanol–water partition coefficient (Wildman–Crippen LogP) is 2.15. The van der Waals surface area contributed by atoms with Gasteiger partial charge in [-0.2, -0.15) is 0 Å². The van der Waals surface area contributed by atoms with E-state index in [0.29, 0.717) is 12.1 Å². The molecule has 0 fully saturated rings. The lowest BCUT2D eigenvalue weighted by Gasteiger charge is -2.23. The van der Waals surface area contributed by atoms with Crippen molar-refractivity contribution in [2.45, 2.75) is 26.3 Å². The monoisotopic (exact) mass is 376 g/mol. The zero-order valence-corrected chi connectivity index (χ0v) is 15.0. The molecule has 0 aliphatic carbocycles. The van der Waals surface area contributed by atoms with Crippen molar-refractivity contribution in [1.29, 1.82) is 0 Å². The first kappa shape index (κ1) is 20.8. The molecule has 9 heteroatoms. The number of nitrogens with zero attached hydrogens (tertiary/aromatic N) is 1. The standard InChI is InChI=1S/C16H19ClF2N2O4/c1-16(2,3)20-13(22)7-21(4)14(23)8-25-15(24)9-5-11(18)12(19)6-10(9)17/h5-6H,7-8H2,1-4H3,(H,20,22). The Balaban J connectivity index is 2.60. The zero-order chi connectivity index (χ0) is 19.4. The van der Waals surface area contributed by atoms with Crippen LogP contribution >= 0.6 is 11.6 Å². The van der Waals surface area contributed by atoms with Gasteiger partial charge in [0.05, 0.1) is 17.1 Å². The average Bonchev–Trinajstić information content (AvgIpc) is 2.45. The summed E-state index contributed by atoms with van der Waals surface area (Å²) in [6.45, 7) is 4.48. The molecule has 0 saturated carbocycles. The fourth-order valence-corrected chi connectivity index (χ4v) is 1.98. The van der Waals surface area contributed by atoms with Crippen molar-refractivity contribution in [1.82, 2.24) is 10.2 Å². The molecule has 0 bridgehead atoms. The summed E-state index contributed by atoms with van der Waals surface area (Å²) in [5.41, 5.74) is -0.849. The maximum Gasteiger partial charge on any atom is 0.340 e. The van der Waals surface area contributed by atoms with Gasteiger partial charge in [0, 0.05) is 12.6 Å². The molecule has 0 heterocycles. The number of halogens is 3. The molecule has 25 heavy (non-hydrogen) atoms. The van der Waals surface area contributed by atoms with Gasteiger partial charge in [0.1, 0.15) is 0 Å². The van der Waals surface area contributed by atoms with Gasteiger partial charge in [0.15, 0.2) is 18.2 Å². The minimum absolute atomic E-state index is 0.223. The van der Waals surface area contributed by atoms with E-state index in [1.807, 2.05) is 0 Å². The Morgan fingerprint density at radius 3 is 2.32 bits per heavy atom. The third-order valence-electron chi connectivity index (χ3n) is 2.88. The minimum Gasteiger partial charge on any atom is -0.452 e. The summed E-state index contributed by atoms with van der Waals surface area (Å²) in [5.74, 6) is -4.57. The summed E-state index contributed by atoms with van der Waals surface area (Å²) in [6, 6.07) is 1.23. The van der Waals surface area contributed by atoms with Gasteiger partial charge in [-0.1, -0.05) is 11.6 Å². The van der Waals surface area contributed by atoms with E-state index in [4.69, 9.17) is 16.3 Å². The molecule has 6 nitrogen and oxygen atoms in total. The van der Waals surface area contributed by atoms with Gasteiger partial charge in [-0.05, 0) is 32.9 Å². The maximum absolute atomic E-state index is 13.2. The molecule has 0 aliphatic heterocycles. The highest BCUT2D eigenvalue weighted by molar-refractivity contribution is 6.33.